The number of carbonyl (C=O) groups is 1. The molecule has 1 saturated heterocycles. The smallest absolute Gasteiger partial charge is 0.252 e. The van der Waals surface area contributed by atoms with Gasteiger partial charge in [-0.25, -0.2) is 17.8 Å². The van der Waals surface area contributed by atoms with Crippen molar-refractivity contribution in [2.24, 2.45) is 0 Å². The predicted octanol–water partition coefficient (Wildman–Crippen LogP) is 3.32. The molecule has 1 aliphatic heterocycles. The Bertz CT molecular complexity index is 1270. The summed E-state index contributed by atoms with van der Waals surface area (Å²) in [6, 6.07) is 12.8. The van der Waals surface area contributed by atoms with Crippen LogP contribution in [0.5, 0.6) is 0 Å². The summed E-state index contributed by atoms with van der Waals surface area (Å²) in [6.07, 6.45) is 1.03. The molecular formula is C24H26FN3O5S. The lowest BCUT2D eigenvalue weighted by atomic mass is 10.1. The van der Waals surface area contributed by atoms with Gasteiger partial charge >= 0.3 is 0 Å². The van der Waals surface area contributed by atoms with E-state index in [-0.39, 0.29) is 60.4 Å². The number of oxazole rings is 1. The summed E-state index contributed by atoms with van der Waals surface area (Å²) >= 11 is 0. The second kappa shape index (κ2) is 10.0. The van der Waals surface area contributed by atoms with Crippen molar-refractivity contribution in [1.29, 1.82) is 0 Å². The van der Waals surface area contributed by atoms with E-state index in [1.807, 2.05) is 13.8 Å². The molecule has 34 heavy (non-hydrogen) atoms. The van der Waals surface area contributed by atoms with Crippen molar-refractivity contribution in [3.8, 4) is 22.8 Å². The highest BCUT2D eigenvalue weighted by Crippen LogP contribution is 2.29. The molecule has 0 saturated carbocycles. The summed E-state index contributed by atoms with van der Waals surface area (Å²) in [5, 5.41) is 2.67. The third-order valence-electron chi connectivity index (χ3n) is 5.47. The zero-order valence-electron chi connectivity index (χ0n) is 18.9. The van der Waals surface area contributed by atoms with Crippen molar-refractivity contribution >= 4 is 15.9 Å². The van der Waals surface area contributed by atoms with Gasteiger partial charge in [-0.1, -0.05) is 24.3 Å². The molecule has 4 rings (SSSR count). The van der Waals surface area contributed by atoms with Crippen LogP contribution < -0.4 is 5.32 Å². The van der Waals surface area contributed by atoms with E-state index in [9.17, 15) is 17.6 Å². The van der Waals surface area contributed by atoms with Gasteiger partial charge in [-0.15, -0.1) is 0 Å². The lowest BCUT2D eigenvalue weighted by Crippen LogP contribution is -2.49. The predicted molar refractivity (Wildman–Crippen MR) is 125 cm³/mol. The third-order valence-corrected chi connectivity index (χ3v) is 7.28. The molecule has 1 fully saturated rings. The first-order valence-corrected chi connectivity index (χ1v) is 12.6. The Balaban J connectivity index is 1.45. The number of sulfonamides is 1. The molecule has 2 atom stereocenters. The zero-order valence-corrected chi connectivity index (χ0v) is 19.7. The Morgan fingerprint density at radius 1 is 1.09 bits per heavy atom. The quantitative estimate of drug-likeness (QED) is 0.549. The molecule has 8 nitrogen and oxygen atoms in total. The van der Waals surface area contributed by atoms with Gasteiger partial charge in [0.1, 0.15) is 5.82 Å². The van der Waals surface area contributed by atoms with E-state index in [1.165, 1.54) is 16.6 Å². The van der Waals surface area contributed by atoms with Crippen LogP contribution in [0.2, 0.25) is 0 Å². The summed E-state index contributed by atoms with van der Waals surface area (Å²) in [5.74, 6) is -0.727. The van der Waals surface area contributed by atoms with E-state index in [2.05, 4.69) is 10.3 Å². The standard InChI is InChI=1S/C24H26FN3O5S/c1-16-14-28(15-17(2)32-16)34(30,31)12-11-26-23(29)18-7-3-4-8-19(18)24-27-13-22(33-24)20-9-5-6-10-21(20)25/h3-10,13,16-17H,11-12,14-15H2,1-2H3,(H,26,29). The lowest BCUT2D eigenvalue weighted by molar-refractivity contribution is -0.0440. The van der Waals surface area contributed by atoms with E-state index in [1.54, 1.807) is 42.5 Å². The van der Waals surface area contributed by atoms with E-state index in [0.717, 1.165) is 0 Å². The van der Waals surface area contributed by atoms with E-state index >= 15 is 0 Å². The molecule has 2 unspecified atom stereocenters. The Morgan fingerprint density at radius 3 is 2.44 bits per heavy atom. The van der Waals surface area contributed by atoms with Crippen LogP contribution in [0.4, 0.5) is 4.39 Å². The van der Waals surface area contributed by atoms with E-state index in [4.69, 9.17) is 9.15 Å². The first-order valence-electron chi connectivity index (χ1n) is 11.0. The lowest BCUT2D eigenvalue weighted by Gasteiger charge is -2.34. The van der Waals surface area contributed by atoms with Crippen LogP contribution >= 0.6 is 0 Å². The first-order chi connectivity index (χ1) is 16.2. The number of rotatable bonds is 7. The number of hydrogen-bond donors (Lipinski definition) is 1. The van der Waals surface area contributed by atoms with Gasteiger partial charge < -0.3 is 14.5 Å². The van der Waals surface area contributed by atoms with Crippen LogP contribution in [0.1, 0.15) is 24.2 Å². The van der Waals surface area contributed by atoms with Crippen LogP contribution in [-0.4, -0.2) is 61.2 Å². The number of nitrogens with zero attached hydrogens (tertiary/aromatic N) is 2. The third kappa shape index (κ3) is 5.35. The molecule has 2 heterocycles. The van der Waals surface area contributed by atoms with Gasteiger partial charge in [0, 0.05) is 25.2 Å². The summed E-state index contributed by atoms with van der Waals surface area (Å²) in [4.78, 5) is 17.1. The molecule has 3 aromatic rings. The van der Waals surface area contributed by atoms with Crippen molar-refractivity contribution in [3.63, 3.8) is 0 Å². The largest absolute Gasteiger partial charge is 0.436 e. The summed E-state index contributed by atoms with van der Waals surface area (Å²) < 4.78 is 52.3. The highest BCUT2D eigenvalue weighted by Gasteiger charge is 2.30. The summed E-state index contributed by atoms with van der Waals surface area (Å²) in [7, 11) is -3.55. The molecule has 0 aliphatic carbocycles. The SMILES string of the molecule is CC1CN(S(=O)(=O)CCNC(=O)c2ccccc2-c2ncc(-c3ccccc3F)o2)CC(C)O1. The Kier molecular flexibility index (Phi) is 7.11. The number of hydrogen-bond acceptors (Lipinski definition) is 6. The number of nitrogens with one attached hydrogen (secondary N) is 1. The number of carbonyl (C=O) groups excluding carboxylic acids is 1. The van der Waals surface area contributed by atoms with Gasteiger partial charge in [0.2, 0.25) is 15.9 Å². The Hall–Kier alpha value is -3.08. The zero-order chi connectivity index (χ0) is 24.3. The van der Waals surface area contributed by atoms with Gasteiger partial charge in [-0.2, -0.15) is 4.31 Å². The minimum absolute atomic E-state index is 0.0539. The van der Waals surface area contributed by atoms with Gasteiger partial charge in [0.15, 0.2) is 5.76 Å². The monoisotopic (exact) mass is 487 g/mol. The number of benzene rings is 2. The minimum atomic E-state index is -3.55. The van der Waals surface area contributed by atoms with Crippen LogP contribution in [0.15, 0.2) is 59.1 Å². The molecule has 10 heteroatoms. The molecule has 2 aromatic carbocycles. The molecule has 1 amide bonds. The number of halogens is 1. The van der Waals surface area contributed by atoms with Crippen molar-refractivity contribution < 1.29 is 26.8 Å². The van der Waals surface area contributed by atoms with Crippen LogP contribution in [0, 0.1) is 5.82 Å². The van der Waals surface area contributed by atoms with Gasteiger partial charge in [-0.3, -0.25) is 4.79 Å². The highest BCUT2D eigenvalue weighted by atomic mass is 32.2. The molecule has 1 N–H and O–H groups in total. The molecule has 1 aromatic heterocycles. The maximum absolute atomic E-state index is 14.1. The molecule has 0 radical (unpaired) electrons. The normalized spacial score (nSPS) is 19.1. The number of amides is 1. The maximum atomic E-state index is 14.1. The van der Waals surface area contributed by atoms with Crippen molar-refractivity contribution in [1.82, 2.24) is 14.6 Å². The molecular weight excluding hydrogens is 461 g/mol. The fraction of sp³-hybridized carbons (Fsp3) is 0.333. The number of morpholine rings is 1. The van der Waals surface area contributed by atoms with E-state index < -0.39 is 21.7 Å². The average molecular weight is 488 g/mol. The van der Waals surface area contributed by atoms with Crippen molar-refractivity contribution in [3.05, 3.63) is 66.1 Å². The molecule has 1 aliphatic rings. The highest BCUT2D eigenvalue weighted by molar-refractivity contribution is 7.89. The first kappa shape index (κ1) is 24.1. The fourth-order valence-corrected chi connectivity index (χ4v) is 5.42. The Labute approximate surface area is 197 Å². The van der Waals surface area contributed by atoms with Crippen molar-refractivity contribution in [2.45, 2.75) is 26.1 Å². The average Bonchev–Trinajstić information content (AvgIpc) is 3.28. The molecule has 0 bridgehead atoms. The Morgan fingerprint density at radius 2 is 1.74 bits per heavy atom. The second-order valence-electron chi connectivity index (χ2n) is 8.20. The molecule has 0 spiro atoms. The fourth-order valence-electron chi connectivity index (χ4n) is 3.93. The summed E-state index contributed by atoms with van der Waals surface area (Å²) in [6.45, 7) is 4.19. The number of ether oxygens (including phenoxy) is 1. The minimum Gasteiger partial charge on any atom is -0.436 e. The van der Waals surface area contributed by atoms with Gasteiger partial charge in [-0.05, 0) is 38.1 Å². The summed E-state index contributed by atoms with van der Waals surface area (Å²) in [5.41, 5.74) is 0.955. The molecule has 180 valence electrons. The van der Waals surface area contributed by atoms with Crippen LogP contribution in [0.25, 0.3) is 22.8 Å². The second-order valence-corrected chi connectivity index (χ2v) is 10.3. The van der Waals surface area contributed by atoms with Crippen LogP contribution in [-0.2, 0) is 14.8 Å². The van der Waals surface area contributed by atoms with E-state index in [0.29, 0.717) is 5.56 Å². The maximum Gasteiger partial charge on any atom is 0.252 e. The van der Waals surface area contributed by atoms with Crippen LogP contribution in [0.3, 0.4) is 0 Å². The van der Waals surface area contributed by atoms with Gasteiger partial charge in [0.05, 0.1) is 35.3 Å². The van der Waals surface area contributed by atoms with Crippen molar-refractivity contribution in [2.75, 3.05) is 25.4 Å². The van der Waals surface area contributed by atoms with Gasteiger partial charge in [0.25, 0.3) is 5.91 Å². The topological polar surface area (TPSA) is 102 Å². The number of aromatic nitrogens is 1.